The van der Waals surface area contributed by atoms with Crippen LogP contribution in [0.5, 0.6) is 0 Å². The van der Waals surface area contributed by atoms with E-state index >= 15 is 0 Å². The first kappa shape index (κ1) is 12.7. The molecule has 16 heavy (non-hydrogen) atoms. The smallest absolute Gasteiger partial charge is 0.221 e. The number of hydrogen-bond donors (Lipinski definition) is 2. The van der Waals surface area contributed by atoms with Crippen LogP contribution in [0.2, 0.25) is 0 Å². The Hall–Kier alpha value is -1.35. The van der Waals surface area contributed by atoms with Crippen molar-refractivity contribution < 1.29 is 4.79 Å². The van der Waals surface area contributed by atoms with Crippen molar-refractivity contribution in [2.45, 2.75) is 27.2 Å². The van der Waals surface area contributed by atoms with Gasteiger partial charge in [-0.3, -0.25) is 4.79 Å². The van der Waals surface area contributed by atoms with Crippen molar-refractivity contribution in [3.8, 4) is 0 Å². The second kappa shape index (κ2) is 5.12. The summed E-state index contributed by atoms with van der Waals surface area (Å²) in [5.41, 5.74) is 7.84. The standard InChI is InChI=1S/C13H20N2O/c1-10(16)15-12-6-4-5-11(7-12)8-13(2,3)9-14/h4-7H,8-9,14H2,1-3H3,(H,15,16). The number of benzene rings is 1. The van der Waals surface area contributed by atoms with Gasteiger partial charge >= 0.3 is 0 Å². The molecule has 0 saturated carbocycles. The lowest BCUT2D eigenvalue weighted by molar-refractivity contribution is -0.114. The summed E-state index contributed by atoms with van der Waals surface area (Å²) < 4.78 is 0. The fraction of sp³-hybridized carbons (Fsp3) is 0.462. The normalized spacial score (nSPS) is 11.2. The van der Waals surface area contributed by atoms with Crippen molar-refractivity contribution >= 4 is 11.6 Å². The minimum Gasteiger partial charge on any atom is -0.330 e. The van der Waals surface area contributed by atoms with Crippen molar-refractivity contribution in [1.82, 2.24) is 0 Å². The van der Waals surface area contributed by atoms with E-state index in [0.29, 0.717) is 6.54 Å². The molecule has 0 atom stereocenters. The summed E-state index contributed by atoms with van der Waals surface area (Å²) in [6.07, 6.45) is 0.914. The van der Waals surface area contributed by atoms with Crippen LogP contribution in [0.1, 0.15) is 26.3 Å². The van der Waals surface area contributed by atoms with Crippen LogP contribution in [0.15, 0.2) is 24.3 Å². The zero-order chi connectivity index (χ0) is 12.2. The Morgan fingerprint density at radius 1 is 1.44 bits per heavy atom. The van der Waals surface area contributed by atoms with Crippen LogP contribution < -0.4 is 11.1 Å². The van der Waals surface area contributed by atoms with E-state index in [1.165, 1.54) is 12.5 Å². The third-order valence-corrected chi connectivity index (χ3v) is 2.48. The second-order valence-corrected chi connectivity index (χ2v) is 4.93. The van der Waals surface area contributed by atoms with E-state index in [2.05, 4.69) is 25.2 Å². The molecular formula is C13H20N2O. The largest absolute Gasteiger partial charge is 0.330 e. The van der Waals surface area contributed by atoms with Crippen molar-refractivity contribution in [1.29, 1.82) is 0 Å². The van der Waals surface area contributed by atoms with Gasteiger partial charge in [0, 0.05) is 12.6 Å². The van der Waals surface area contributed by atoms with Gasteiger partial charge in [0.15, 0.2) is 0 Å². The molecule has 0 radical (unpaired) electrons. The van der Waals surface area contributed by atoms with Gasteiger partial charge < -0.3 is 11.1 Å². The highest BCUT2D eigenvalue weighted by atomic mass is 16.1. The topological polar surface area (TPSA) is 55.1 Å². The van der Waals surface area contributed by atoms with Crippen LogP contribution >= 0.6 is 0 Å². The molecule has 3 heteroatoms. The van der Waals surface area contributed by atoms with Crippen LogP contribution in [0.25, 0.3) is 0 Å². The van der Waals surface area contributed by atoms with Crippen molar-refractivity contribution in [2.75, 3.05) is 11.9 Å². The van der Waals surface area contributed by atoms with Gasteiger partial charge in [0.25, 0.3) is 0 Å². The number of nitrogens with one attached hydrogen (secondary N) is 1. The Morgan fingerprint density at radius 3 is 2.69 bits per heavy atom. The van der Waals surface area contributed by atoms with E-state index in [1.54, 1.807) is 0 Å². The Labute approximate surface area is 97.0 Å². The third kappa shape index (κ3) is 4.03. The number of hydrogen-bond acceptors (Lipinski definition) is 2. The first-order valence-corrected chi connectivity index (χ1v) is 5.49. The molecule has 0 unspecified atom stereocenters. The molecule has 1 aromatic rings. The number of rotatable bonds is 4. The van der Waals surface area contributed by atoms with E-state index in [0.717, 1.165) is 12.1 Å². The summed E-state index contributed by atoms with van der Waals surface area (Å²) in [6.45, 7) is 6.43. The molecule has 1 aromatic carbocycles. The molecular weight excluding hydrogens is 200 g/mol. The SMILES string of the molecule is CC(=O)Nc1cccc(CC(C)(C)CN)c1. The summed E-state index contributed by atoms with van der Waals surface area (Å²) in [5, 5.41) is 2.78. The van der Waals surface area contributed by atoms with Crippen molar-refractivity contribution in [2.24, 2.45) is 11.1 Å². The van der Waals surface area contributed by atoms with Crippen LogP contribution in [-0.4, -0.2) is 12.5 Å². The highest BCUT2D eigenvalue weighted by Gasteiger charge is 2.16. The lowest BCUT2D eigenvalue weighted by Crippen LogP contribution is -2.25. The molecule has 3 N–H and O–H groups in total. The van der Waals surface area contributed by atoms with E-state index < -0.39 is 0 Å². The number of anilines is 1. The highest BCUT2D eigenvalue weighted by molar-refractivity contribution is 5.88. The molecule has 0 aliphatic rings. The average Bonchev–Trinajstić information content (AvgIpc) is 2.16. The average molecular weight is 220 g/mol. The molecule has 0 spiro atoms. The van der Waals surface area contributed by atoms with Gasteiger partial charge in [0.1, 0.15) is 0 Å². The van der Waals surface area contributed by atoms with Gasteiger partial charge in [-0.25, -0.2) is 0 Å². The quantitative estimate of drug-likeness (QED) is 0.817. The predicted octanol–water partition coefficient (Wildman–Crippen LogP) is 2.17. The number of nitrogens with two attached hydrogens (primary N) is 1. The zero-order valence-corrected chi connectivity index (χ0v) is 10.2. The summed E-state index contributed by atoms with van der Waals surface area (Å²) in [4.78, 5) is 10.9. The molecule has 0 aliphatic carbocycles. The molecule has 0 fully saturated rings. The van der Waals surface area contributed by atoms with Crippen LogP contribution in [-0.2, 0) is 11.2 Å². The summed E-state index contributed by atoms with van der Waals surface area (Å²) in [6, 6.07) is 7.90. The molecule has 3 nitrogen and oxygen atoms in total. The molecule has 88 valence electrons. The van der Waals surface area contributed by atoms with E-state index in [4.69, 9.17) is 5.73 Å². The fourth-order valence-corrected chi connectivity index (χ4v) is 1.59. The minimum absolute atomic E-state index is 0.0461. The molecule has 1 amide bonds. The van der Waals surface area contributed by atoms with Crippen LogP contribution in [0, 0.1) is 5.41 Å². The first-order valence-electron chi connectivity index (χ1n) is 5.49. The lowest BCUT2D eigenvalue weighted by atomic mass is 9.86. The fourth-order valence-electron chi connectivity index (χ4n) is 1.59. The molecule has 1 rings (SSSR count). The zero-order valence-electron chi connectivity index (χ0n) is 10.2. The Balaban J connectivity index is 2.78. The van der Waals surface area contributed by atoms with E-state index in [9.17, 15) is 4.79 Å². The van der Waals surface area contributed by atoms with Gasteiger partial charge in [-0.15, -0.1) is 0 Å². The predicted molar refractivity (Wildman–Crippen MR) is 67.3 cm³/mol. The molecule has 0 aliphatic heterocycles. The van der Waals surface area contributed by atoms with Gasteiger partial charge in [0.2, 0.25) is 5.91 Å². The molecule has 0 heterocycles. The Kier molecular flexibility index (Phi) is 4.07. The number of carbonyl (C=O) groups excluding carboxylic acids is 1. The van der Waals surface area contributed by atoms with E-state index in [-0.39, 0.29) is 11.3 Å². The van der Waals surface area contributed by atoms with Crippen molar-refractivity contribution in [3.05, 3.63) is 29.8 Å². The van der Waals surface area contributed by atoms with Crippen LogP contribution in [0.3, 0.4) is 0 Å². The van der Waals surface area contributed by atoms with Gasteiger partial charge in [-0.2, -0.15) is 0 Å². The van der Waals surface area contributed by atoms with Gasteiger partial charge in [-0.1, -0.05) is 26.0 Å². The monoisotopic (exact) mass is 220 g/mol. The maximum atomic E-state index is 10.9. The minimum atomic E-state index is -0.0461. The molecule has 0 saturated heterocycles. The number of carbonyl (C=O) groups is 1. The molecule has 0 aromatic heterocycles. The summed E-state index contributed by atoms with van der Waals surface area (Å²) in [5.74, 6) is -0.0461. The maximum absolute atomic E-state index is 10.9. The van der Waals surface area contributed by atoms with E-state index in [1.807, 2.05) is 18.2 Å². The summed E-state index contributed by atoms with van der Waals surface area (Å²) in [7, 11) is 0. The van der Waals surface area contributed by atoms with Gasteiger partial charge in [0.05, 0.1) is 0 Å². The Bertz CT molecular complexity index is 372. The lowest BCUT2D eigenvalue weighted by Gasteiger charge is -2.22. The van der Waals surface area contributed by atoms with Gasteiger partial charge in [-0.05, 0) is 36.1 Å². The van der Waals surface area contributed by atoms with Crippen molar-refractivity contribution in [3.63, 3.8) is 0 Å². The summed E-state index contributed by atoms with van der Waals surface area (Å²) >= 11 is 0. The highest BCUT2D eigenvalue weighted by Crippen LogP contribution is 2.22. The molecule has 0 bridgehead atoms. The second-order valence-electron chi connectivity index (χ2n) is 4.93. The third-order valence-electron chi connectivity index (χ3n) is 2.48. The first-order chi connectivity index (χ1) is 7.43. The number of amides is 1. The Morgan fingerprint density at radius 2 is 2.12 bits per heavy atom. The maximum Gasteiger partial charge on any atom is 0.221 e. The van der Waals surface area contributed by atoms with Crippen LogP contribution in [0.4, 0.5) is 5.69 Å².